The molecule has 1 aromatic heterocycles. The van der Waals surface area contributed by atoms with Crippen molar-refractivity contribution in [1.82, 2.24) is 3.97 Å². The minimum atomic E-state index is -3.65. The molecule has 0 radical (unpaired) electrons. The monoisotopic (exact) mass is 435 g/mol. The first-order chi connectivity index (χ1) is 14.9. The van der Waals surface area contributed by atoms with E-state index in [0.717, 1.165) is 5.56 Å². The summed E-state index contributed by atoms with van der Waals surface area (Å²) in [6.45, 7) is 3.71. The van der Waals surface area contributed by atoms with Gasteiger partial charge in [-0.2, -0.15) is 0 Å². The second-order valence-electron chi connectivity index (χ2n) is 7.03. The minimum Gasteiger partial charge on any atom is -0.397 e. The van der Waals surface area contributed by atoms with Gasteiger partial charge in [-0.25, -0.2) is 8.42 Å². The summed E-state index contributed by atoms with van der Waals surface area (Å²) in [6, 6.07) is 18.3. The number of para-hydroxylation sites is 2. The number of nitrogens with two attached hydrogens (primary N) is 1. The van der Waals surface area contributed by atoms with Crippen LogP contribution in [-0.4, -0.2) is 23.5 Å². The van der Waals surface area contributed by atoms with E-state index in [9.17, 15) is 13.2 Å². The first kappa shape index (κ1) is 22.1. The Bertz CT molecular complexity index is 1180. The molecule has 0 saturated heterocycles. The van der Waals surface area contributed by atoms with E-state index in [2.05, 4.69) is 11.9 Å². The highest BCUT2D eigenvalue weighted by Gasteiger charge is 2.24. The molecule has 1 unspecified atom stereocenters. The molecule has 7 heteroatoms. The van der Waals surface area contributed by atoms with E-state index in [1.807, 2.05) is 30.3 Å². The van der Waals surface area contributed by atoms with E-state index in [-0.39, 0.29) is 5.91 Å². The Morgan fingerprint density at radius 3 is 2.52 bits per heavy atom. The molecular formula is C24H25N3O3S. The number of aryl methyl sites for hydroxylation is 1. The van der Waals surface area contributed by atoms with Crippen LogP contribution in [0.5, 0.6) is 0 Å². The maximum absolute atomic E-state index is 13.0. The molecule has 1 amide bonds. The van der Waals surface area contributed by atoms with Gasteiger partial charge in [-0.15, -0.1) is 6.58 Å². The van der Waals surface area contributed by atoms with Crippen molar-refractivity contribution in [2.75, 3.05) is 11.1 Å². The van der Waals surface area contributed by atoms with Gasteiger partial charge in [0.25, 0.3) is 0 Å². The van der Waals surface area contributed by atoms with Gasteiger partial charge in [0, 0.05) is 18.5 Å². The summed E-state index contributed by atoms with van der Waals surface area (Å²) >= 11 is 0. The first-order valence-corrected chi connectivity index (χ1v) is 11.3. The highest BCUT2D eigenvalue weighted by molar-refractivity contribution is 7.90. The molecule has 3 N–H and O–H groups in total. The maximum Gasteiger partial charge on any atom is 0.248 e. The van der Waals surface area contributed by atoms with Crippen LogP contribution < -0.4 is 11.1 Å². The molecule has 0 aliphatic heterocycles. The van der Waals surface area contributed by atoms with Crippen molar-refractivity contribution < 1.29 is 13.2 Å². The Morgan fingerprint density at radius 2 is 1.81 bits per heavy atom. The van der Waals surface area contributed by atoms with Gasteiger partial charge in [-0.05, 0) is 48.2 Å². The number of nitrogen functional groups attached to an aromatic ring is 1. The second kappa shape index (κ2) is 9.95. The van der Waals surface area contributed by atoms with Crippen LogP contribution in [0.1, 0.15) is 17.5 Å². The molecule has 0 aliphatic carbocycles. The molecular weight excluding hydrogens is 410 g/mol. The van der Waals surface area contributed by atoms with Gasteiger partial charge in [0.15, 0.2) is 0 Å². The highest BCUT2D eigenvalue weighted by Crippen LogP contribution is 2.18. The van der Waals surface area contributed by atoms with Crippen LogP contribution >= 0.6 is 0 Å². The Morgan fingerprint density at radius 1 is 1.10 bits per heavy atom. The Hall–Kier alpha value is -3.58. The molecule has 0 fully saturated rings. The fraction of sp³-hybridized carbons (Fsp3) is 0.125. The fourth-order valence-corrected chi connectivity index (χ4v) is 4.58. The summed E-state index contributed by atoms with van der Waals surface area (Å²) in [5, 5.41) is 1.97. The molecule has 160 valence electrons. The minimum absolute atomic E-state index is 0.361. The van der Waals surface area contributed by atoms with Crippen molar-refractivity contribution in [2.45, 2.75) is 18.1 Å². The quantitative estimate of drug-likeness (QED) is 0.301. The molecule has 0 bridgehead atoms. The van der Waals surface area contributed by atoms with Crippen LogP contribution in [0.25, 0.3) is 6.08 Å². The van der Waals surface area contributed by atoms with Gasteiger partial charge in [0.1, 0.15) is 0 Å². The number of carbonyl (C=O) groups excluding carboxylic acids is 1. The number of amides is 1. The number of rotatable bonds is 9. The third kappa shape index (κ3) is 5.73. The van der Waals surface area contributed by atoms with Crippen molar-refractivity contribution in [3.05, 3.63) is 103 Å². The van der Waals surface area contributed by atoms with E-state index in [1.165, 1.54) is 28.5 Å². The summed E-state index contributed by atoms with van der Waals surface area (Å²) in [5.74, 6) is -0.361. The first-order valence-electron chi connectivity index (χ1n) is 9.82. The van der Waals surface area contributed by atoms with Crippen molar-refractivity contribution in [1.29, 1.82) is 0 Å². The number of carbonyl (C=O) groups is 1. The summed E-state index contributed by atoms with van der Waals surface area (Å²) in [4.78, 5) is 12.1. The molecule has 2 aromatic carbocycles. The molecule has 1 heterocycles. The summed E-state index contributed by atoms with van der Waals surface area (Å²) in [7, 11) is -3.65. The van der Waals surface area contributed by atoms with E-state index < -0.39 is 15.3 Å². The van der Waals surface area contributed by atoms with Crippen LogP contribution in [0.2, 0.25) is 0 Å². The zero-order chi connectivity index (χ0) is 22.3. The highest BCUT2D eigenvalue weighted by atomic mass is 32.2. The van der Waals surface area contributed by atoms with E-state index >= 15 is 0 Å². The molecule has 1 atom stereocenters. The average molecular weight is 436 g/mol. The average Bonchev–Trinajstić information content (AvgIpc) is 3.25. The summed E-state index contributed by atoms with van der Waals surface area (Å²) < 4.78 is 27.2. The Balaban J connectivity index is 1.66. The lowest BCUT2D eigenvalue weighted by molar-refractivity contribution is -0.111. The molecule has 6 nitrogen and oxygen atoms in total. The zero-order valence-electron chi connectivity index (χ0n) is 17.0. The third-order valence-corrected chi connectivity index (χ3v) is 6.84. The Labute approximate surface area is 182 Å². The normalized spacial score (nSPS) is 12.5. The standard InChI is InChI=1S/C24H25N3O3S/c1-2-21(14-12-19-8-4-3-5-9-19)31(29,30)27-17-16-20(18-27)13-15-24(28)26-23-11-7-6-10-22(23)25/h2-11,13,15-18,21H,1,12,14,25H2,(H,26,28)/b15-13+. The van der Waals surface area contributed by atoms with E-state index in [1.54, 1.807) is 36.4 Å². The molecule has 0 aliphatic rings. The van der Waals surface area contributed by atoms with E-state index in [4.69, 9.17) is 5.73 Å². The number of anilines is 2. The van der Waals surface area contributed by atoms with Crippen LogP contribution in [-0.2, 0) is 21.2 Å². The number of nitrogens with one attached hydrogen (secondary N) is 1. The lowest BCUT2D eigenvalue weighted by Crippen LogP contribution is -2.25. The number of aromatic nitrogens is 1. The zero-order valence-corrected chi connectivity index (χ0v) is 17.8. The topological polar surface area (TPSA) is 94.2 Å². The number of nitrogens with zero attached hydrogens (tertiary/aromatic N) is 1. The molecule has 0 saturated carbocycles. The van der Waals surface area contributed by atoms with Gasteiger partial charge >= 0.3 is 0 Å². The van der Waals surface area contributed by atoms with Crippen LogP contribution in [0.15, 0.2) is 91.8 Å². The second-order valence-corrected chi connectivity index (χ2v) is 9.09. The van der Waals surface area contributed by atoms with Gasteiger partial charge in [-0.3, -0.25) is 8.77 Å². The summed E-state index contributed by atoms with van der Waals surface area (Å²) in [5.41, 5.74) is 8.46. The van der Waals surface area contributed by atoms with Crippen LogP contribution in [0.3, 0.4) is 0 Å². The van der Waals surface area contributed by atoms with Crippen LogP contribution in [0.4, 0.5) is 11.4 Å². The molecule has 31 heavy (non-hydrogen) atoms. The fourth-order valence-electron chi connectivity index (χ4n) is 3.10. The molecule has 0 spiro atoms. The van der Waals surface area contributed by atoms with Gasteiger partial charge in [0.05, 0.1) is 16.6 Å². The number of hydrogen-bond donors (Lipinski definition) is 2. The maximum atomic E-state index is 13.0. The van der Waals surface area contributed by atoms with Crippen molar-refractivity contribution in [3.63, 3.8) is 0 Å². The van der Waals surface area contributed by atoms with Gasteiger partial charge in [0.2, 0.25) is 15.9 Å². The van der Waals surface area contributed by atoms with Gasteiger partial charge < -0.3 is 11.1 Å². The van der Waals surface area contributed by atoms with Gasteiger partial charge in [-0.1, -0.05) is 48.5 Å². The number of hydrogen-bond acceptors (Lipinski definition) is 4. The third-order valence-electron chi connectivity index (χ3n) is 4.84. The van der Waals surface area contributed by atoms with Crippen molar-refractivity contribution in [2.24, 2.45) is 0 Å². The molecule has 3 aromatic rings. The van der Waals surface area contributed by atoms with E-state index in [0.29, 0.717) is 29.8 Å². The number of benzene rings is 2. The predicted octanol–water partition coefficient (Wildman–Crippen LogP) is 4.09. The lowest BCUT2D eigenvalue weighted by atomic mass is 10.1. The van der Waals surface area contributed by atoms with Crippen LogP contribution in [0, 0.1) is 0 Å². The summed E-state index contributed by atoms with van der Waals surface area (Å²) in [6.07, 6.45) is 8.36. The van der Waals surface area contributed by atoms with Crippen molar-refractivity contribution in [3.8, 4) is 0 Å². The molecule has 3 rings (SSSR count). The lowest BCUT2D eigenvalue weighted by Gasteiger charge is -2.14. The largest absolute Gasteiger partial charge is 0.397 e. The smallest absolute Gasteiger partial charge is 0.248 e. The van der Waals surface area contributed by atoms with Crippen molar-refractivity contribution >= 4 is 33.4 Å². The SMILES string of the molecule is C=CC(CCc1ccccc1)S(=O)(=O)n1ccc(/C=C/C(=O)Nc2ccccc2N)c1. The Kier molecular flexibility index (Phi) is 7.10. The predicted molar refractivity (Wildman–Crippen MR) is 126 cm³/mol.